The van der Waals surface area contributed by atoms with Crippen molar-refractivity contribution in [2.75, 3.05) is 5.32 Å². The third kappa shape index (κ3) is 2.52. The van der Waals surface area contributed by atoms with E-state index in [9.17, 15) is 9.18 Å². The zero-order valence-electron chi connectivity index (χ0n) is 12.2. The lowest BCUT2D eigenvalue weighted by atomic mass is 10.2. The Kier molecular flexibility index (Phi) is 3.67. The molecule has 3 nitrogen and oxygen atoms in total. The van der Waals surface area contributed by atoms with Crippen LogP contribution in [0.1, 0.15) is 9.67 Å². The molecule has 1 amide bonds. The molecule has 0 saturated heterocycles. The number of para-hydroxylation sites is 1. The van der Waals surface area contributed by atoms with Gasteiger partial charge >= 0.3 is 0 Å². The first-order chi connectivity index (χ1) is 11.6. The normalized spacial score (nSPS) is 11.1. The molecule has 0 aliphatic rings. The van der Waals surface area contributed by atoms with Crippen LogP contribution < -0.4 is 5.32 Å². The first-order valence-corrected chi connectivity index (χ1v) is 8.35. The molecule has 0 aliphatic carbocycles. The van der Waals surface area contributed by atoms with Crippen LogP contribution in [0.2, 0.25) is 5.02 Å². The molecule has 2 heterocycles. The maximum absolute atomic E-state index is 13.4. The lowest BCUT2D eigenvalue weighted by molar-refractivity contribution is 0.103. The summed E-state index contributed by atoms with van der Waals surface area (Å²) in [4.78, 5) is 17.3. The van der Waals surface area contributed by atoms with E-state index in [-0.39, 0.29) is 11.7 Å². The Bertz CT molecular complexity index is 1090. The molecule has 0 saturated carbocycles. The van der Waals surface area contributed by atoms with Gasteiger partial charge in [0.1, 0.15) is 10.7 Å². The van der Waals surface area contributed by atoms with Gasteiger partial charge in [0.05, 0.1) is 16.2 Å². The van der Waals surface area contributed by atoms with Crippen LogP contribution in [0.4, 0.5) is 10.1 Å². The van der Waals surface area contributed by atoms with Crippen molar-refractivity contribution in [1.82, 2.24) is 4.98 Å². The number of hydrogen-bond acceptors (Lipinski definition) is 3. The van der Waals surface area contributed by atoms with Crippen LogP contribution in [0.15, 0.2) is 54.7 Å². The van der Waals surface area contributed by atoms with Crippen molar-refractivity contribution in [3.63, 3.8) is 0 Å². The lowest BCUT2D eigenvalue weighted by Crippen LogP contribution is -2.11. The predicted octanol–water partition coefficient (Wildman–Crippen LogP) is 5.49. The standard InChI is InChI=1S/C18H10ClFN2OS/c19-15-12-7-6-11(20)9-14(12)24-17(15)18(23)22-13-5-1-3-10-4-2-8-21-16(10)13/h1-9H,(H,22,23). The number of nitrogens with zero attached hydrogens (tertiary/aromatic N) is 1. The molecule has 0 unspecified atom stereocenters. The number of hydrogen-bond donors (Lipinski definition) is 1. The van der Waals surface area contributed by atoms with Gasteiger partial charge in [0, 0.05) is 21.7 Å². The highest BCUT2D eigenvalue weighted by atomic mass is 35.5. The molecule has 0 spiro atoms. The SMILES string of the molecule is O=C(Nc1cccc2cccnc12)c1sc2cc(F)ccc2c1Cl. The summed E-state index contributed by atoms with van der Waals surface area (Å²) in [5.74, 6) is -0.689. The van der Waals surface area contributed by atoms with E-state index in [4.69, 9.17) is 11.6 Å². The highest BCUT2D eigenvalue weighted by Gasteiger charge is 2.18. The van der Waals surface area contributed by atoms with E-state index in [0.717, 1.165) is 5.39 Å². The van der Waals surface area contributed by atoms with E-state index >= 15 is 0 Å². The maximum atomic E-state index is 13.4. The first kappa shape index (κ1) is 15.1. The minimum atomic E-state index is -0.356. The molecule has 0 atom stereocenters. The Labute approximate surface area is 145 Å². The Morgan fingerprint density at radius 2 is 2.00 bits per heavy atom. The number of nitrogens with one attached hydrogen (secondary N) is 1. The number of rotatable bonds is 2. The largest absolute Gasteiger partial charge is 0.319 e. The van der Waals surface area contributed by atoms with Gasteiger partial charge in [-0.2, -0.15) is 0 Å². The van der Waals surface area contributed by atoms with Gasteiger partial charge in [-0.15, -0.1) is 11.3 Å². The first-order valence-electron chi connectivity index (χ1n) is 7.16. The molecule has 1 N–H and O–H groups in total. The van der Waals surface area contributed by atoms with Crippen LogP contribution >= 0.6 is 22.9 Å². The highest BCUT2D eigenvalue weighted by molar-refractivity contribution is 7.21. The third-order valence-corrected chi connectivity index (χ3v) is 5.33. The fraction of sp³-hybridized carbons (Fsp3) is 0. The molecule has 0 radical (unpaired) electrons. The summed E-state index contributed by atoms with van der Waals surface area (Å²) in [5.41, 5.74) is 1.31. The number of fused-ring (bicyclic) bond motifs is 2. The quantitative estimate of drug-likeness (QED) is 0.515. The van der Waals surface area contributed by atoms with Gasteiger partial charge in [-0.05, 0) is 30.3 Å². The number of anilines is 1. The molecule has 4 rings (SSSR count). The van der Waals surface area contributed by atoms with Gasteiger partial charge in [0.15, 0.2) is 0 Å². The molecule has 4 aromatic rings. The van der Waals surface area contributed by atoms with E-state index in [2.05, 4.69) is 10.3 Å². The van der Waals surface area contributed by atoms with Gasteiger partial charge in [0.25, 0.3) is 5.91 Å². The molecule has 2 aromatic carbocycles. The minimum Gasteiger partial charge on any atom is -0.319 e. The molecule has 118 valence electrons. The topological polar surface area (TPSA) is 42.0 Å². The summed E-state index contributed by atoms with van der Waals surface area (Å²) in [6.07, 6.45) is 1.67. The highest BCUT2D eigenvalue weighted by Crippen LogP contribution is 2.36. The van der Waals surface area contributed by atoms with Crippen LogP contribution in [-0.2, 0) is 0 Å². The molecule has 0 fully saturated rings. The van der Waals surface area contributed by atoms with Crippen LogP contribution in [0.25, 0.3) is 21.0 Å². The smallest absolute Gasteiger partial charge is 0.267 e. The van der Waals surface area contributed by atoms with Crippen LogP contribution in [0, 0.1) is 5.82 Å². The summed E-state index contributed by atoms with van der Waals surface area (Å²) in [7, 11) is 0. The zero-order chi connectivity index (χ0) is 16.7. The average molecular weight is 357 g/mol. The van der Waals surface area contributed by atoms with Gasteiger partial charge in [-0.1, -0.05) is 29.8 Å². The van der Waals surface area contributed by atoms with Crippen molar-refractivity contribution >= 4 is 55.5 Å². The van der Waals surface area contributed by atoms with E-state index in [1.54, 1.807) is 18.3 Å². The molecular formula is C18H10ClFN2OS. The van der Waals surface area contributed by atoms with Gasteiger partial charge in [-0.3, -0.25) is 9.78 Å². The van der Waals surface area contributed by atoms with Crippen LogP contribution in [-0.4, -0.2) is 10.9 Å². The van der Waals surface area contributed by atoms with Gasteiger partial charge in [0.2, 0.25) is 0 Å². The Hall–Kier alpha value is -2.50. The molecular weight excluding hydrogens is 347 g/mol. The van der Waals surface area contributed by atoms with Crippen molar-refractivity contribution in [2.45, 2.75) is 0 Å². The molecule has 24 heavy (non-hydrogen) atoms. The Morgan fingerprint density at radius 1 is 1.17 bits per heavy atom. The van der Waals surface area contributed by atoms with E-state index < -0.39 is 0 Å². The molecule has 6 heteroatoms. The number of halogens is 2. The van der Waals surface area contributed by atoms with Gasteiger partial charge in [-0.25, -0.2) is 4.39 Å². The van der Waals surface area contributed by atoms with Crippen molar-refractivity contribution in [3.05, 3.63) is 70.4 Å². The summed E-state index contributed by atoms with van der Waals surface area (Å²) < 4.78 is 14.0. The minimum absolute atomic E-state index is 0.334. The summed E-state index contributed by atoms with van der Waals surface area (Å²) in [6.45, 7) is 0. The van der Waals surface area contributed by atoms with E-state index in [1.165, 1.54) is 23.5 Å². The van der Waals surface area contributed by atoms with Crippen molar-refractivity contribution in [3.8, 4) is 0 Å². The molecule has 2 aromatic heterocycles. The van der Waals surface area contributed by atoms with Crippen LogP contribution in [0.5, 0.6) is 0 Å². The van der Waals surface area contributed by atoms with E-state index in [0.29, 0.717) is 31.2 Å². The summed E-state index contributed by atoms with van der Waals surface area (Å²) in [6, 6.07) is 13.6. The number of aromatic nitrogens is 1. The Morgan fingerprint density at radius 3 is 2.88 bits per heavy atom. The number of thiophene rings is 1. The molecule has 0 aliphatic heterocycles. The Balaban J connectivity index is 1.75. The zero-order valence-corrected chi connectivity index (χ0v) is 13.8. The fourth-order valence-electron chi connectivity index (χ4n) is 2.57. The second-order valence-electron chi connectivity index (χ2n) is 5.22. The lowest BCUT2D eigenvalue weighted by Gasteiger charge is -2.07. The number of pyridine rings is 1. The number of amides is 1. The number of carbonyl (C=O) groups excluding carboxylic acids is 1. The predicted molar refractivity (Wildman–Crippen MR) is 96.5 cm³/mol. The van der Waals surface area contributed by atoms with Crippen molar-refractivity contribution in [2.24, 2.45) is 0 Å². The second kappa shape index (κ2) is 5.85. The average Bonchev–Trinajstić information content (AvgIpc) is 2.91. The third-order valence-electron chi connectivity index (χ3n) is 3.68. The maximum Gasteiger partial charge on any atom is 0.267 e. The molecule has 0 bridgehead atoms. The summed E-state index contributed by atoms with van der Waals surface area (Å²) in [5, 5.41) is 4.78. The number of carbonyl (C=O) groups is 1. The number of benzene rings is 2. The van der Waals surface area contributed by atoms with Crippen molar-refractivity contribution < 1.29 is 9.18 Å². The second-order valence-corrected chi connectivity index (χ2v) is 6.65. The van der Waals surface area contributed by atoms with Crippen molar-refractivity contribution in [1.29, 1.82) is 0 Å². The van der Waals surface area contributed by atoms with Gasteiger partial charge < -0.3 is 5.32 Å². The fourth-order valence-corrected chi connectivity index (χ4v) is 4.01. The summed E-state index contributed by atoms with van der Waals surface area (Å²) >= 11 is 7.47. The monoisotopic (exact) mass is 356 g/mol. The van der Waals surface area contributed by atoms with E-state index in [1.807, 2.05) is 24.3 Å². The van der Waals surface area contributed by atoms with Crippen LogP contribution in [0.3, 0.4) is 0 Å².